The molecule has 1 aromatic heterocycles. The lowest BCUT2D eigenvalue weighted by Crippen LogP contribution is -2.43. The van der Waals surface area contributed by atoms with Gasteiger partial charge in [0, 0.05) is 12.2 Å². The molecule has 5 atom stereocenters. The zero-order valence-corrected chi connectivity index (χ0v) is 13.7. The minimum Gasteiger partial charge on any atom is -0.352 e. The second-order valence-corrected chi connectivity index (χ2v) is 7.26. The van der Waals surface area contributed by atoms with Crippen LogP contribution in [0.15, 0.2) is 6.20 Å². The van der Waals surface area contributed by atoms with E-state index in [1.165, 1.54) is 25.7 Å². The minimum absolute atomic E-state index is 0.0319. The normalized spacial score (nSPS) is 30.4. The Labute approximate surface area is 131 Å². The summed E-state index contributed by atoms with van der Waals surface area (Å²) in [6.07, 6.45) is 7.12. The summed E-state index contributed by atoms with van der Waals surface area (Å²) in [5.74, 6) is 2.42. The Morgan fingerprint density at radius 2 is 2.19 bits per heavy atom. The molecule has 5 heteroatoms. The first-order valence-electron chi connectivity index (χ1n) is 7.97. The molecule has 3 rings (SSSR count). The first-order valence-corrected chi connectivity index (χ1v) is 8.35. The smallest absolute Gasteiger partial charge is 0.244 e. The van der Waals surface area contributed by atoms with Crippen molar-refractivity contribution in [3.63, 3.8) is 0 Å². The largest absolute Gasteiger partial charge is 0.352 e. The summed E-state index contributed by atoms with van der Waals surface area (Å²) in [5, 5.41) is 8.10. The van der Waals surface area contributed by atoms with Gasteiger partial charge in [-0.1, -0.05) is 18.0 Å². The summed E-state index contributed by atoms with van der Waals surface area (Å²) in [6.45, 7) is 5.87. The fourth-order valence-corrected chi connectivity index (χ4v) is 4.27. The van der Waals surface area contributed by atoms with Crippen molar-refractivity contribution in [2.24, 2.45) is 17.8 Å². The zero-order valence-electron chi connectivity index (χ0n) is 13.0. The van der Waals surface area contributed by atoms with Gasteiger partial charge in [-0.15, -0.1) is 0 Å². The molecule has 2 aliphatic rings. The standard InChI is InChI=1S/C16H24ClN3O/c1-9(14-7-12-4-5-13(14)6-12)18-16(21)11(3)20-8-15(17)10(2)19-20/h8-9,11-14H,4-7H2,1-3H3,(H,18,21). The molecule has 116 valence electrons. The average Bonchev–Trinajstić information content (AvgIpc) is 3.14. The number of carbonyl (C=O) groups excluding carboxylic acids is 1. The van der Waals surface area contributed by atoms with Crippen LogP contribution < -0.4 is 5.32 Å². The van der Waals surface area contributed by atoms with Gasteiger partial charge in [-0.05, 0) is 57.8 Å². The highest BCUT2D eigenvalue weighted by Crippen LogP contribution is 2.49. The summed E-state index contributed by atoms with van der Waals surface area (Å²) >= 11 is 6.02. The van der Waals surface area contributed by atoms with Crippen molar-refractivity contribution in [3.8, 4) is 0 Å². The van der Waals surface area contributed by atoms with Crippen molar-refractivity contribution in [3.05, 3.63) is 16.9 Å². The molecular weight excluding hydrogens is 286 g/mol. The highest BCUT2D eigenvalue weighted by atomic mass is 35.5. The Hall–Kier alpha value is -1.03. The van der Waals surface area contributed by atoms with E-state index in [2.05, 4.69) is 17.3 Å². The molecule has 2 fully saturated rings. The average molecular weight is 310 g/mol. The van der Waals surface area contributed by atoms with Crippen LogP contribution in [0.5, 0.6) is 0 Å². The number of rotatable bonds is 4. The summed E-state index contributed by atoms with van der Waals surface area (Å²) in [7, 11) is 0. The van der Waals surface area contributed by atoms with E-state index < -0.39 is 0 Å². The third-order valence-corrected chi connectivity index (χ3v) is 5.81. The van der Waals surface area contributed by atoms with E-state index >= 15 is 0 Å². The first-order chi connectivity index (χ1) is 9.95. The molecule has 4 nitrogen and oxygen atoms in total. The quantitative estimate of drug-likeness (QED) is 0.927. The molecule has 2 aliphatic carbocycles. The number of carbonyl (C=O) groups is 1. The molecule has 1 aromatic rings. The molecule has 2 saturated carbocycles. The lowest BCUT2D eigenvalue weighted by atomic mass is 9.84. The third kappa shape index (κ3) is 2.83. The van der Waals surface area contributed by atoms with Gasteiger partial charge >= 0.3 is 0 Å². The number of hydrogen-bond acceptors (Lipinski definition) is 2. The Kier molecular flexibility index (Phi) is 4.00. The topological polar surface area (TPSA) is 46.9 Å². The van der Waals surface area contributed by atoms with E-state index in [1.54, 1.807) is 10.9 Å². The molecule has 0 radical (unpaired) electrons. The van der Waals surface area contributed by atoms with Crippen molar-refractivity contribution in [2.45, 2.75) is 58.5 Å². The van der Waals surface area contributed by atoms with Crippen molar-refractivity contribution in [1.29, 1.82) is 0 Å². The number of nitrogens with one attached hydrogen (secondary N) is 1. The van der Waals surface area contributed by atoms with Gasteiger partial charge in [0.05, 0.1) is 10.7 Å². The molecule has 1 N–H and O–H groups in total. The molecule has 0 saturated heterocycles. The van der Waals surface area contributed by atoms with E-state index in [-0.39, 0.29) is 18.0 Å². The van der Waals surface area contributed by atoms with Gasteiger partial charge in [0.1, 0.15) is 6.04 Å². The number of fused-ring (bicyclic) bond motifs is 2. The first kappa shape index (κ1) is 14.9. The lowest BCUT2D eigenvalue weighted by Gasteiger charge is -2.29. The Morgan fingerprint density at radius 1 is 1.43 bits per heavy atom. The van der Waals surface area contributed by atoms with Crippen LogP contribution in [0.25, 0.3) is 0 Å². The van der Waals surface area contributed by atoms with Crippen LogP contribution >= 0.6 is 11.6 Å². The molecular formula is C16H24ClN3O. The second kappa shape index (κ2) is 5.64. The molecule has 0 spiro atoms. The van der Waals surface area contributed by atoms with Gasteiger partial charge in [-0.25, -0.2) is 0 Å². The maximum atomic E-state index is 12.4. The monoisotopic (exact) mass is 309 g/mol. The van der Waals surface area contributed by atoms with Crippen LogP contribution in [0, 0.1) is 24.7 Å². The zero-order chi connectivity index (χ0) is 15.1. The lowest BCUT2D eigenvalue weighted by molar-refractivity contribution is -0.125. The molecule has 21 heavy (non-hydrogen) atoms. The van der Waals surface area contributed by atoms with Crippen LogP contribution in [-0.4, -0.2) is 21.7 Å². The van der Waals surface area contributed by atoms with Crippen LogP contribution in [0.3, 0.4) is 0 Å². The molecule has 0 aromatic carbocycles. The summed E-state index contributed by atoms with van der Waals surface area (Å²) in [6, 6.07) is -0.0698. The van der Waals surface area contributed by atoms with Gasteiger partial charge in [0.2, 0.25) is 5.91 Å². The van der Waals surface area contributed by atoms with Gasteiger partial charge in [-0.2, -0.15) is 5.10 Å². The van der Waals surface area contributed by atoms with Crippen LogP contribution in [0.2, 0.25) is 5.02 Å². The van der Waals surface area contributed by atoms with Crippen molar-refractivity contribution >= 4 is 17.5 Å². The Balaban J connectivity index is 1.60. The van der Waals surface area contributed by atoms with E-state index in [0.29, 0.717) is 10.9 Å². The van der Waals surface area contributed by atoms with E-state index in [0.717, 1.165) is 17.5 Å². The predicted molar refractivity (Wildman–Crippen MR) is 83.2 cm³/mol. The number of halogens is 1. The van der Waals surface area contributed by atoms with E-state index in [1.807, 2.05) is 13.8 Å². The van der Waals surface area contributed by atoms with Gasteiger partial charge in [-0.3, -0.25) is 9.48 Å². The number of amides is 1. The maximum absolute atomic E-state index is 12.4. The fourth-order valence-electron chi connectivity index (χ4n) is 4.14. The summed E-state index contributed by atoms with van der Waals surface area (Å²) in [4.78, 5) is 12.4. The van der Waals surface area contributed by atoms with Gasteiger partial charge in [0.15, 0.2) is 0 Å². The Morgan fingerprint density at radius 3 is 2.71 bits per heavy atom. The predicted octanol–water partition coefficient (Wildman–Crippen LogP) is 3.35. The molecule has 2 bridgehead atoms. The minimum atomic E-state index is -0.322. The van der Waals surface area contributed by atoms with Crippen LogP contribution in [0.4, 0.5) is 0 Å². The van der Waals surface area contributed by atoms with E-state index in [4.69, 9.17) is 11.6 Å². The highest BCUT2D eigenvalue weighted by molar-refractivity contribution is 6.31. The van der Waals surface area contributed by atoms with E-state index in [9.17, 15) is 4.79 Å². The fraction of sp³-hybridized carbons (Fsp3) is 0.750. The molecule has 1 amide bonds. The molecule has 5 unspecified atom stereocenters. The number of hydrogen-bond donors (Lipinski definition) is 1. The second-order valence-electron chi connectivity index (χ2n) is 6.85. The van der Waals surface area contributed by atoms with Gasteiger partial charge < -0.3 is 5.32 Å². The highest BCUT2D eigenvalue weighted by Gasteiger charge is 2.42. The molecule has 0 aliphatic heterocycles. The number of nitrogens with zero attached hydrogens (tertiary/aromatic N) is 2. The van der Waals surface area contributed by atoms with Crippen molar-refractivity contribution in [2.75, 3.05) is 0 Å². The summed E-state index contributed by atoms with van der Waals surface area (Å²) < 4.78 is 1.65. The SMILES string of the molecule is Cc1nn(C(C)C(=O)NC(C)C2CC3CCC2C3)cc1Cl. The Bertz CT molecular complexity index is 522. The summed E-state index contributed by atoms with van der Waals surface area (Å²) in [5.41, 5.74) is 0.762. The van der Waals surface area contributed by atoms with Crippen LogP contribution in [-0.2, 0) is 4.79 Å². The number of aromatic nitrogens is 2. The number of aryl methyl sites for hydroxylation is 1. The molecule has 1 heterocycles. The van der Waals surface area contributed by atoms with Crippen molar-refractivity contribution < 1.29 is 4.79 Å². The third-order valence-electron chi connectivity index (χ3n) is 5.44. The van der Waals surface area contributed by atoms with Gasteiger partial charge in [0.25, 0.3) is 0 Å². The van der Waals surface area contributed by atoms with Crippen molar-refractivity contribution in [1.82, 2.24) is 15.1 Å². The maximum Gasteiger partial charge on any atom is 0.244 e. The van der Waals surface area contributed by atoms with Crippen LogP contribution in [0.1, 0.15) is 51.3 Å².